The van der Waals surface area contributed by atoms with E-state index in [1.54, 1.807) is 7.11 Å². The maximum Gasteiger partial charge on any atom is 0.268 e. The fourth-order valence-electron chi connectivity index (χ4n) is 2.13. The van der Waals surface area contributed by atoms with Crippen molar-refractivity contribution < 1.29 is 9.53 Å². The van der Waals surface area contributed by atoms with E-state index in [1.807, 2.05) is 36.4 Å². The van der Waals surface area contributed by atoms with Crippen molar-refractivity contribution in [2.75, 3.05) is 12.4 Å². The van der Waals surface area contributed by atoms with Crippen molar-refractivity contribution in [1.82, 2.24) is 15.2 Å². The lowest BCUT2D eigenvalue weighted by atomic mass is 10.2. The highest BCUT2D eigenvalue weighted by Gasteiger charge is 2.14. The Hall–Kier alpha value is -2.67. The van der Waals surface area contributed by atoms with E-state index in [4.69, 9.17) is 4.74 Å². The lowest BCUT2D eigenvalue weighted by molar-refractivity contribution is 0.102. The van der Waals surface area contributed by atoms with Gasteiger partial charge in [0.25, 0.3) is 5.91 Å². The third-order valence-electron chi connectivity index (χ3n) is 3.31. The topological polar surface area (TPSA) is 79.9 Å². The SMILES string of the molecule is CCc1ccc(C(=O)Nc2n[nH]c(-c3ccccc3OC)n2)s1. The second kappa shape index (κ2) is 6.62. The number of methoxy groups -OCH3 is 1. The number of ether oxygens (including phenoxy) is 1. The van der Waals surface area contributed by atoms with Crippen molar-refractivity contribution in [2.45, 2.75) is 13.3 Å². The van der Waals surface area contributed by atoms with Gasteiger partial charge in [-0.1, -0.05) is 19.1 Å². The molecule has 1 aromatic carbocycles. The maximum absolute atomic E-state index is 12.2. The number of aromatic nitrogens is 3. The van der Waals surface area contributed by atoms with Crippen molar-refractivity contribution in [3.8, 4) is 17.1 Å². The summed E-state index contributed by atoms with van der Waals surface area (Å²) in [5.74, 6) is 1.26. The van der Waals surface area contributed by atoms with Gasteiger partial charge in [-0.25, -0.2) is 0 Å². The van der Waals surface area contributed by atoms with Crippen LogP contribution in [0.3, 0.4) is 0 Å². The molecule has 0 spiro atoms. The van der Waals surface area contributed by atoms with Gasteiger partial charge >= 0.3 is 0 Å². The van der Waals surface area contributed by atoms with Crippen LogP contribution in [0.2, 0.25) is 0 Å². The second-order valence-electron chi connectivity index (χ2n) is 4.78. The fourth-order valence-corrected chi connectivity index (χ4v) is 2.97. The lowest BCUT2D eigenvalue weighted by Gasteiger charge is -2.04. The summed E-state index contributed by atoms with van der Waals surface area (Å²) >= 11 is 1.47. The highest BCUT2D eigenvalue weighted by atomic mass is 32.1. The summed E-state index contributed by atoms with van der Waals surface area (Å²) in [5.41, 5.74) is 0.785. The van der Waals surface area contributed by atoms with Gasteiger partial charge in [0.15, 0.2) is 5.82 Å². The van der Waals surface area contributed by atoms with E-state index in [-0.39, 0.29) is 11.9 Å². The lowest BCUT2D eigenvalue weighted by Crippen LogP contribution is -2.11. The highest BCUT2D eigenvalue weighted by Crippen LogP contribution is 2.27. The van der Waals surface area contributed by atoms with Crippen molar-refractivity contribution in [2.24, 2.45) is 0 Å². The first-order chi connectivity index (χ1) is 11.2. The molecule has 6 nitrogen and oxygen atoms in total. The summed E-state index contributed by atoms with van der Waals surface area (Å²) in [7, 11) is 1.60. The van der Waals surface area contributed by atoms with Crippen LogP contribution in [0.1, 0.15) is 21.5 Å². The minimum Gasteiger partial charge on any atom is -0.496 e. The number of H-pyrrole nitrogens is 1. The van der Waals surface area contributed by atoms with E-state index >= 15 is 0 Å². The molecule has 3 rings (SSSR count). The number of aromatic amines is 1. The Kier molecular flexibility index (Phi) is 4.38. The molecule has 0 aliphatic rings. The maximum atomic E-state index is 12.2. The van der Waals surface area contributed by atoms with E-state index in [9.17, 15) is 4.79 Å². The van der Waals surface area contributed by atoms with Crippen molar-refractivity contribution >= 4 is 23.2 Å². The summed E-state index contributed by atoms with van der Waals surface area (Å²) < 4.78 is 5.30. The predicted octanol–water partition coefficient (Wildman–Crippen LogP) is 3.36. The molecule has 0 bridgehead atoms. The summed E-state index contributed by atoms with van der Waals surface area (Å²) in [6.07, 6.45) is 0.913. The molecule has 3 aromatic rings. The molecule has 0 aliphatic carbocycles. The number of nitrogens with zero attached hydrogens (tertiary/aromatic N) is 2. The minimum atomic E-state index is -0.208. The first-order valence-electron chi connectivity index (χ1n) is 7.17. The van der Waals surface area contributed by atoms with Gasteiger partial charge in [0.1, 0.15) is 5.75 Å². The molecular formula is C16H16N4O2S. The van der Waals surface area contributed by atoms with Crippen LogP contribution in [0.25, 0.3) is 11.4 Å². The van der Waals surface area contributed by atoms with Crippen LogP contribution in [0.4, 0.5) is 5.95 Å². The van der Waals surface area contributed by atoms with Gasteiger partial charge < -0.3 is 4.74 Å². The van der Waals surface area contributed by atoms with Gasteiger partial charge in [-0.3, -0.25) is 15.2 Å². The zero-order valence-electron chi connectivity index (χ0n) is 12.8. The molecule has 2 aromatic heterocycles. The van der Waals surface area contributed by atoms with Crippen molar-refractivity contribution in [3.05, 3.63) is 46.2 Å². The Morgan fingerprint density at radius 2 is 2.13 bits per heavy atom. The third-order valence-corrected chi connectivity index (χ3v) is 4.54. The van der Waals surface area contributed by atoms with Gasteiger partial charge in [0.2, 0.25) is 5.95 Å². The van der Waals surface area contributed by atoms with E-state index in [2.05, 4.69) is 27.4 Å². The van der Waals surface area contributed by atoms with E-state index in [0.717, 1.165) is 12.0 Å². The van der Waals surface area contributed by atoms with Gasteiger partial charge in [-0.15, -0.1) is 16.4 Å². The number of benzene rings is 1. The van der Waals surface area contributed by atoms with Gasteiger partial charge in [0.05, 0.1) is 17.6 Å². The smallest absolute Gasteiger partial charge is 0.268 e. The molecule has 0 saturated heterocycles. The molecule has 23 heavy (non-hydrogen) atoms. The second-order valence-corrected chi connectivity index (χ2v) is 5.95. The van der Waals surface area contributed by atoms with E-state index in [1.165, 1.54) is 16.2 Å². The average molecular weight is 328 g/mol. The van der Waals surface area contributed by atoms with Crippen LogP contribution in [0.15, 0.2) is 36.4 Å². The van der Waals surface area contributed by atoms with Crippen LogP contribution < -0.4 is 10.1 Å². The van der Waals surface area contributed by atoms with Crippen molar-refractivity contribution in [1.29, 1.82) is 0 Å². The van der Waals surface area contributed by atoms with Crippen LogP contribution >= 0.6 is 11.3 Å². The van der Waals surface area contributed by atoms with Gasteiger partial charge in [-0.05, 0) is 30.7 Å². The fraction of sp³-hybridized carbons (Fsp3) is 0.188. The number of carbonyl (C=O) groups excluding carboxylic acids is 1. The first-order valence-corrected chi connectivity index (χ1v) is 7.98. The quantitative estimate of drug-likeness (QED) is 0.752. The predicted molar refractivity (Wildman–Crippen MR) is 90.0 cm³/mol. The molecule has 7 heteroatoms. The summed E-state index contributed by atoms with van der Waals surface area (Å²) in [5, 5.41) is 9.56. The van der Waals surface area contributed by atoms with Gasteiger partial charge in [0, 0.05) is 4.88 Å². The Bertz CT molecular complexity index is 825. The van der Waals surface area contributed by atoms with Crippen molar-refractivity contribution in [3.63, 3.8) is 0 Å². The molecule has 118 valence electrons. The zero-order valence-corrected chi connectivity index (χ0v) is 13.6. The Balaban J connectivity index is 1.78. The number of thiophene rings is 1. The number of hydrogen-bond donors (Lipinski definition) is 2. The standard InChI is InChI=1S/C16H16N4O2S/c1-3-10-8-9-13(23-10)15(21)18-16-17-14(19-20-16)11-6-4-5-7-12(11)22-2/h4-9H,3H2,1-2H3,(H2,17,18,19,20,21). The molecular weight excluding hydrogens is 312 g/mol. The Morgan fingerprint density at radius 1 is 1.30 bits per heavy atom. The first kappa shape index (κ1) is 15.2. The molecule has 0 unspecified atom stereocenters. The number of nitrogens with one attached hydrogen (secondary N) is 2. The van der Waals surface area contributed by atoms with Crippen LogP contribution in [-0.2, 0) is 6.42 Å². The molecule has 1 amide bonds. The number of para-hydroxylation sites is 1. The number of carbonyl (C=O) groups is 1. The van der Waals surface area contributed by atoms with Crippen LogP contribution in [-0.4, -0.2) is 28.2 Å². The number of rotatable bonds is 5. The average Bonchev–Trinajstić information content (AvgIpc) is 3.24. The van der Waals surface area contributed by atoms with Crippen LogP contribution in [0, 0.1) is 0 Å². The molecule has 2 heterocycles. The van der Waals surface area contributed by atoms with Crippen LogP contribution in [0.5, 0.6) is 5.75 Å². The normalized spacial score (nSPS) is 10.5. The van der Waals surface area contributed by atoms with Gasteiger partial charge in [-0.2, -0.15) is 4.98 Å². The highest BCUT2D eigenvalue weighted by molar-refractivity contribution is 7.14. The summed E-state index contributed by atoms with van der Waals surface area (Å²) in [6.45, 7) is 2.06. The van der Waals surface area contributed by atoms with E-state index < -0.39 is 0 Å². The molecule has 0 fully saturated rings. The molecule has 0 saturated carbocycles. The Morgan fingerprint density at radius 3 is 2.87 bits per heavy atom. The zero-order chi connectivity index (χ0) is 16.2. The Labute approximate surface area is 137 Å². The monoisotopic (exact) mass is 328 g/mol. The number of aryl methyl sites for hydroxylation is 1. The minimum absolute atomic E-state index is 0.208. The number of anilines is 1. The summed E-state index contributed by atoms with van der Waals surface area (Å²) in [6, 6.07) is 11.2. The third kappa shape index (κ3) is 3.24. The molecule has 0 atom stereocenters. The number of amides is 1. The number of hydrogen-bond acceptors (Lipinski definition) is 5. The summed E-state index contributed by atoms with van der Waals surface area (Å²) in [4.78, 5) is 18.3. The molecule has 0 aliphatic heterocycles. The largest absolute Gasteiger partial charge is 0.496 e. The molecule has 2 N–H and O–H groups in total. The molecule has 0 radical (unpaired) electrons. The van der Waals surface area contributed by atoms with E-state index in [0.29, 0.717) is 16.5 Å².